The second-order valence-electron chi connectivity index (χ2n) is 7.99. The van der Waals surface area contributed by atoms with Gasteiger partial charge >= 0.3 is 12.4 Å². The number of carbonyl (C=O) groups is 2. The number of rotatable bonds is 3. The summed E-state index contributed by atoms with van der Waals surface area (Å²) < 4.78 is 65.6. The molecule has 4 rings (SSSR count). The van der Waals surface area contributed by atoms with Crippen molar-refractivity contribution < 1.29 is 41.4 Å². The molecule has 0 aliphatic carbocycles. The molecular formula is C20H23F4N3O5. The number of morpholine rings is 1. The van der Waals surface area contributed by atoms with Gasteiger partial charge < -0.3 is 29.3 Å². The Balaban J connectivity index is 1.27. The topological polar surface area (TPSA) is 80.3 Å². The van der Waals surface area contributed by atoms with Gasteiger partial charge in [0.2, 0.25) is 5.91 Å². The maximum absolute atomic E-state index is 14.1. The van der Waals surface area contributed by atoms with E-state index in [4.69, 9.17) is 9.47 Å². The Morgan fingerprint density at radius 3 is 2.53 bits per heavy atom. The molecule has 32 heavy (non-hydrogen) atoms. The molecule has 1 N–H and O–H groups in total. The lowest BCUT2D eigenvalue weighted by molar-refractivity contribution is -0.274. The molecule has 3 aliphatic rings. The molecule has 1 aromatic carbocycles. The first kappa shape index (κ1) is 22.4. The van der Waals surface area contributed by atoms with E-state index in [-0.39, 0.29) is 42.5 Å². The molecule has 8 nitrogen and oxygen atoms in total. The molecule has 0 aromatic heterocycles. The Morgan fingerprint density at radius 2 is 1.84 bits per heavy atom. The van der Waals surface area contributed by atoms with Crippen LogP contribution in [0.15, 0.2) is 18.2 Å². The second kappa shape index (κ2) is 9.00. The van der Waals surface area contributed by atoms with Crippen molar-refractivity contribution >= 4 is 11.9 Å². The number of nitrogens with one attached hydrogen (secondary N) is 1. The number of nitrogens with zero attached hydrogens (tertiary/aromatic N) is 2. The maximum Gasteiger partial charge on any atom is 0.573 e. The first-order valence-corrected chi connectivity index (χ1v) is 10.3. The summed E-state index contributed by atoms with van der Waals surface area (Å²) in [6, 6.07) is 2.35. The Hall–Kier alpha value is -2.76. The number of benzene rings is 1. The van der Waals surface area contributed by atoms with Gasteiger partial charge in [-0.2, -0.15) is 0 Å². The molecule has 0 bridgehead atoms. The average Bonchev–Trinajstić information content (AvgIpc) is 2.74. The summed E-state index contributed by atoms with van der Waals surface area (Å²) in [6.45, 7) is 1.75. The van der Waals surface area contributed by atoms with Crippen LogP contribution in [0.3, 0.4) is 0 Å². The van der Waals surface area contributed by atoms with Crippen molar-refractivity contribution in [2.45, 2.75) is 43.9 Å². The van der Waals surface area contributed by atoms with Gasteiger partial charge in [-0.05, 0) is 18.6 Å². The monoisotopic (exact) mass is 461 g/mol. The summed E-state index contributed by atoms with van der Waals surface area (Å²) in [5.41, 5.74) is 0. The number of carbonyl (C=O) groups excluding carboxylic acids is 2. The second-order valence-corrected chi connectivity index (χ2v) is 7.99. The standard InChI is InChI=1S/C20H23F4N3O5/c21-14-9-13(32-20(22,23)24)1-2-16(14)31-12-3-6-26(7-4-12)19(29)27-8-5-17-15(10-27)25-18(28)11-30-17/h1-2,9,12,15,17H,3-8,10-11H2,(H,25,28)/t15-,17+/m1/s1. The minimum atomic E-state index is -4.90. The molecule has 1 aromatic rings. The third-order valence-electron chi connectivity index (χ3n) is 5.74. The van der Waals surface area contributed by atoms with Crippen molar-refractivity contribution in [1.29, 1.82) is 0 Å². The van der Waals surface area contributed by atoms with E-state index < -0.39 is 17.9 Å². The van der Waals surface area contributed by atoms with Crippen molar-refractivity contribution in [2.24, 2.45) is 0 Å². The van der Waals surface area contributed by atoms with Crippen LogP contribution in [0.25, 0.3) is 0 Å². The highest BCUT2D eigenvalue weighted by molar-refractivity contribution is 5.79. The number of piperidine rings is 2. The zero-order valence-electron chi connectivity index (χ0n) is 17.1. The molecule has 0 spiro atoms. The van der Waals surface area contributed by atoms with E-state index in [0.717, 1.165) is 12.1 Å². The average molecular weight is 461 g/mol. The number of likely N-dealkylation sites (tertiary alicyclic amines) is 2. The van der Waals surface area contributed by atoms with Crippen molar-refractivity contribution in [3.05, 3.63) is 24.0 Å². The van der Waals surface area contributed by atoms with Crippen molar-refractivity contribution in [3.63, 3.8) is 0 Å². The number of fused-ring (bicyclic) bond motifs is 1. The predicted molar refractivity (Wildman–Crippen MR) is 102 cm³/mol. The minimum Gasteiger partial charge on any atom is -0.487 e. The van der Waals surface area contributed by atoms with Crippen molar-refractivity contribution in [1.82, 2.24) is 15.1 Å². The zero-order valence-corrected chi connectivity index (χ0v) is 17.1. The van der Waals surface area contributed by atoms with E-state index in [9.17, 15) is 27.2 Å². The number of urea groups is 1. The van der Waals surface area contributed by atoms with Crippen LogP contribution in [0.4, 0.5) is 22.4 Å². The number of amides is 3. The number of hydrogen-bond donors (Lipinski definition) is 1. The minimum absolute atomic E-state index is 0.0430. The number of alkyl halides is 3. The van der Waals surface area contributed by atoms with Crippen LogP contribution < -0.4 is 14.8 Å². The number of hydrogen-bond acceptors (Lipinski definition) is 5. The summed E-state index contributed by atoms with van der Waals surface area (Å²) in [5, 5.41) is 2.86. The van der Waals surface area contributed by atoms with Crippen LogP contribution in [0, 0.1) is 5.82 Å². The molecule has 176 valence electrons. The molecule has 3 heterocycles. The van der Waals surface area contributed by atoms with E-state index in [1.165, 1.54) is 0 Å². The van der Waals surface area contributed by atoms with E-state index in [2.05, 4.69) is 10.1 Å². The Kier molecular flexibility index (Phi) is 6.31. The first-order chi connectivity index (χ1) is 15.2. The highest BCUT2D eigenvalue weighted by Gasteiger charge is 2.38. The Morgan fingerprint density at radius 1 is 1.12 bits per heavy atom. The fraction of sp³-hybridized carbons (Fsp3) is 0.600. The lowest BCUT2D eigenvalue weighted by Gasteiger charge is -2.43. The summed E-state index contributed by atoms with van der Waals surface area (Å²) in [4.78, 5) is 27.8. The molecule has 12 heteroatoms. The van der Waals surface area contributed by atoms with Gasteiger partial charge in [0.05, 0.1) is 12.1 Å². The number of halogens is 4. The fourth-order valence-corrected chi connectivity index (χ4v) is 4.19. The summed E-state index contributed by atoms with van der Waals surface area (Å²) >= 11 is 0. The molecule has 3 amide bonds. The lowest BCUT2D eigenvalue weighted by Crippen LogP contribution is -2.62. The first-order valence-electron chi connectivity index (χ1n) is 10.3. The van der Waals surface area contributed by atoms with Crippen LogP contribution in [-0.4, -0.2) is 79.1 Å². The molecule has 0 unspecified atom stereocenters. The van der Waals surface area contributed by atoms with Crippen LogP contribution >= 0.6 is 0 Å². The number of ether oxygens (including phenoxy) is 3. The zero-order chi connectivity index (χ0) is 22.9. The van der Waals surface area contributed by atoms with Gasteiger partial charge in [-0.1, -0.05) is 0 Å². The molecule has 3 aliphatic heterocycles. The van der Waals surface area contributed by atoms with Crippen LogP contribution in [-0.2, 0) is 9.53 Å². The highest BCUT2D eigenvalue weighted by atomic mass is 19.4. The largest absolute Gasteiger partial charge is 0.573 e. The van der Waals surface area contributed by atoms with Gasteiger partial charge in [-0.25, -0.2) is 9.18 Å². The molecule has 0 radical (unpaired) electrons. The SMILES string of the molecule is O=C1CO[C@H]2CCN(C(=O)N3CCC(Oc4ccc(OC(F)(F)F)cc4F)CC3)C[C@H]2N1. The Labute approximate surface area is 181 Å². The van der Waals surface area contributed by atoms with Crippen LogP contribution in [0.2, 0.25) is 0 Å². The summed E-state index contributed by atoms with van der Waals surface area (Å²) in [5.74, 6) is -1.97. The van der Waals surface area contributed by atoms with E-state index in [1.54, 1.807) is 9.80 Å². The van der Waals surface area contributed by atoms with E-state index in [1.807, 2.05) is 0 Å². The van der Waals surface area contributed by atoms with Crippen LogP contribution in [0.5, 0.6) is 11.5 Å². The third-order valence-corrected chi connectivity index (χ3v) is 5.74. The molecule has 3 saturated heterocycles. The van der Waals surface area contributed by atoms with E-state index in [0.29, 0.717) is 51.5 Å². The van der Waals surface area contributed by atoms with Crippen molar-refractivity contribution in [2.75, 3.05) is 32.8 Å². The van der Waals surface area contributed by atoms with Crippen LogP contribution in [0.1, 0.15) is 19.3 Å². The molecule has 0 saturated carbocycles. The molecule has 2 atom stereocenters. The fourth-order valence-electron chi connectivity index (χ4n) is 4.19. The maximum atomic E-state index is 14.1. The predicted octanol–water partition coefficient (Wildman–Crippen LogP) is 2.28. The van der Waals surface area contributed by atoms with Gasteiger partial charge in [0.1, 0.15) is 18.5 Å². The molecule has 3 fully saturated rings. The normalized spacial score (nSPS) is 24.6. The smallest absolute Gasteiger partial charge is 0.487 e. The highest BCUT2D eigenvalue weighted by Crippen LogP contribution is 2.29. The van der Waals surface area contributed by atoms with Crippen molar-refractivity contribution in [3.8, 4) is 11.5 Å². The Bertz CT molecular complexity index is 860. The van der Waals surface area contributed by atoms with Gasteiger partial charge in [0.25, 0.3) is 0 Å². The van der Waals surface area contributed by atoms with Gasteiger partial charge in [0, 0.05) is 45.1 Å². The summed E-state index contributed by atoms with van der Waals surface area (Å²) in [7, 11) is 0. The van der Waals surface area contributed by atoms with Gasteiger partial charge in [-0.3, -0.25) is 4.79 Å². The third kappa shape index (κ3) is 5.34. The van der Waals surface area contributed by atoms with E-state index >= 15 is 0 Å². The lowest BCUT2D eigenvalue weighted by atomic mass is 10.0. The molecular weight excluding hydrogens is 438 g/mol. The van der Waals surface area contributed by atoms with Gasteiger partial charge in [0.15, 0.2) is 11.6 Å². The summed E-state index contributed by atoms with van der Waals surface area (Å²) in [6.07, 6.45) is -3.82. The van der Waals surface area contributed by atoms with Gasteiger partial charge in [-0.15, -0.1) is 13.2 Å². The quantitative estimate of drug-likeness (QED) is 0.699.